The smallest absolute Gasteiger partial charge is 0.272 e. The van der Waals surface area contributed by atoms with Crippen LogP contribution in [0.5, 0.6) is 11.5 Å². The Morgan fingerprint density at radius 1 is 1.09 bits per heavy atom. The Morgan fingerprint density at radius 2 is 1.83 bits per heavy atom. The van der Waals surface area contributed by atoms with Crippen LogP contribution in [0.15, 0.2) is 63.9 Å². The number of carbonyl (C=O) groups is 1. The highest BCUT2D eigenvalue weighted by Crippen LogP contribution is 2.28. The molecule has 4 rings (SSSR count). The second kappa shape index (κ2) is 11.4. The zero-order valence-electron chi connectivity index (χ0n) is 19.2. The summed E-state index contributed by atoms with van der Waals surface area (Å²) in [5.41, 5.74) is 2.28. The van der Waals surface area contributed by atoms with Crippen LogP contribution < -0.4 is 20.3 Å². The first kappa shape index (κ1) is 24.7. The molecule has 10 heteroatoms. The highest BCUT2D eigenvalue weighted by molar-refractivity contribution is 7.99. The zero-order valence-corrected chi connectivity index (χ0v) is 20.9. The molecule has 2 aromatic carbocycles. The second-order valence-corrected chi connectivity index (χ2v) is 9.48. The van der Waals surface area contributed by atoms with Gasteiger partial charge >= 0.3 is 0 Å². The normalized spacial score (nSPS) is 10.9. The number of halogens is 1. The first-order valence-electron chi connectivity index (χ1n) is 10.8. The summed E-state index contributed by atoms with van der Waals surface area (Å²) >= 11 is 2.57. The van der Waals surface area contributed by atoms with Crippen molar-refractivity contribution in [2.75, 3.05) is 20.0 Å². The van der Waals surface area contributed by atoms with E-state index in [9.17, 15) is 14.0 Å². The van der Waals surface area contributed by atoms with Gasteiger partial charge in [-0.2, -0.15) is 0 Å². The van der Waals surface area contributed by atoms with Crippen LogP contribution in [-0.2, 0) is 24.3 Å². The Morgan fingerprint density at radius 3 is 2.57 bits per heavy atom. The van der Waals surface area contributed by atoms with E-state index in [-0.39, 0.29) is 23.0 Å². The largest absolute Gasteiger partial charge is 0.493 e. The highest BCUT2D eigenvalue weighted by Gasteiger charge is 2.15. The number of ether oxygens (including phenoxy) is 2. The van der Waals surface area contributed by atoms with E-state index in [2.05, 4.69) is 10.3 Å². The molecule has 0 radical (unpaired) electrons. The molecule has 0 atom stereocenters. The lowest BCUT2D eigenvalue weighted by molar-refractivity contribution is -0.118. The Bertz CT molecular complexity index is 1390. The molecule has 0 saturated carbocycles. The van der Waals surface area contributed by atoms with E-state index in [1.54, 1.807) is 37.0 Å². The molecule has 0 bridgehead atoms. The Hall–Kier alpha value is -3.37. The number of nitrogens with zero attached hydrogens (tertiary/aromatic N) is 2. The number of amides is 1. The van der Waals surface area contributed by atoms with Crippen LogP contribution in [-0.4, -0.2) is 35.4 Å². The predicted molar refractivity (Wildman–Crippen MR) is 136 cm³/mol. The fourth-order valence-electron chi connectivity index (χ4n) is 3.49. The Labute approximate surface area is 209 Å². The number of benzene rings is 2. The highest BCUT2D eigenvalue weighted by atomic mass is 32.2. The van der Waals surface area contributed by atoms with Crippen LogP contribution in [0.3, 0.4) is 0 Å². The number of methoxy groups -OCH3 is 2. The summed E-state index contributed by atoms with van der Waals surface area (Å²) in [6.45, 7) is 0.692. The quantitative estimate of drug-likeness (QED) is 0.252. The summed E-state index contributed by atoms with van der Waals surface area (Å²) in [6, 6.07) is 13.4. The van der Waals surface area contributed by atoms with E-state index in [0.29, 0.717) is 46.4 Å². The molecule has 7 nitrogen and oxygen atoms in total. The van der Waals surface area contributed by atoms with Gasteiger partial charge in [0.25, 0.3) is 5.56 Å². The van der Waals surface area contributed by atoms with Crippen molar-refractivity contribution in [3.8, 4) is 11.5 Å². The Balaban J connectivity index is 1.48. The number of thioether (sulfide) groups is 1. The number of aromatic nitrogens is 2. The van der Waals surface area contributed by atoms with Gasteiger partial charge in [-0.3, -0.25) is 14.2 Å². The van der Waals surface area contributed by atoms with Gasteiger partial charge in [0, 0.05) is 13.1 Å². The molecular formula is C25H24FN3O4S2. The first-order chi connectivity index (χ1) is 17.0. The van der Waals surface area contributed by atoms with E-state index >= 15 is 0 Å². The molecule has 0 saturated heterocycles. The molecule has 4 aromatic rings. The number of fused-ring (bicyclic) bond motifs is 1. The molecule has 182 valence electrons. The van der Waals surface area contributed by atoms with Crippen molar-refractivity contribution >= 4 is 39.2 Å². The van der Waals surface area contributed by atoms with E-state index in [1.807, 2.05) is 23.6 Å². The number of aryl methyl sites for hydroxylation is 1. The van der Waals surface area contributed by atoms with Crippen LogP contribution in [0.1, 0.15) is 11.1 Å². The van der Waals surface area contributed by atoms with Gasteiger partial charge in [-0.25, -0.2) is 9.37 Å². The van der Waals surface area contributed by atoms with E-state index in [4.69, 9.17) is 9.47 Å². The van der Waals surface area contributed by atoms with Crippen molar-refractivity contribution in [2.24, 2.45) is 0 Å². The molecule has 35 heavy (non-hydrogen) atoms. The molecule has 0 aliphatic heterocycles. The maximum atomic E-state index is 13.2. The summed E-state index contributed by atoms with van der Waals surface area (Å²) in [6.07, 6.45) is 0.573. The topological polar surface area (TPSA) is 82.5 Å². The number of rotatable bonds is 10. The SMILES string of the molecule is COc1ccc(CCn2c(SCC(=O)NCc3ccc(F)cc3)nc3ccsc3c2=O)cc1OC. The fraction of sp³-hybridized carbons (Fsp3) is 0.240. The third-order valence-corrected chi connectivity index (χ3v) is 7.21. The van der Waals surface area contributed by atoms with Gasteiger partial charge in [0.15, 0.2) is 16.7 Å². The fourth-order valence-corrected chi connectivity index (χ4v) is 5.13. The van der Waals surface area contributed by atoms with E-state index < -0.39 is 0 Å². The van der Waals surface area contributed by atoms with Crippen LogP contribution >= 0.6 is 23.1 Å². The lowest BCUT2D eigenvalue weighted by Gasteiger charge is -2.13. The summed E-state index contributed by atoms with van der Waals surface area (Å²) in [4.78, 5) is 30.3. The lowest BCUT2D eigenvalue weighted by Crippen LogP contribution is -2.27. The summed E-state index contributed by atoms with van der Waals surface area (Å²) in [5.74, 6) is 0.830. The van der Waals surface area contributed by atoms with E-state index in [1.165, 1.54) is 35.2 Å². The molecule has 0 aliphatic rings. The molecule has 0 spiro atoms. The summed E-state index contributed by atoms with van der Waals surface area (Å²) in [5, 5.41) is 5.13. The van der Waals surface area contributed by atoms with Gasteiger partial charge in [-0.05, 0) is 53.3 Å². The number of nitrogens with one attached hydrogen (secondary N) is 1. The Kier molecular flexibility index (Phi) is 8.04. The van der Waals surface area contributed by atoms with Crippen LogP contribution in [0.25, 0.3) is 10.2 Å². The van der Waals surface area contributed by atoms with Crippen molar-refractivity contribution < 1.29 is 18.7 Å². The molecule has 2 aromatic heterocycles. The van der Waals surface area contributed by atoms with Gasteiger partial charge in [0.1, 0.15) is 10.5 Å². The van der Waals surface area contributed by atoms with Gasteiger partial charge in [0.05, 0.1) is 25.5 Å². The van der Waals surface area contributed by atoms with Crippen LogP contribution in [0.4, 0.5) is 4.39 Å². The summed E-state index contributed by atoms with van der Waals surface area (Å²) < 4.78 is 25.9. The molecule has 1 amide bonds. The standard InChI is InChI=1S/C25H24FN3O4S2/c1-32-20-8-5-16(13-21(20)33-2)9-11-29-24(31)23-19(10-12-34-23)28-25(29)35-15-22(30)27-14-17-3-6-18(26)7-4-17/h3-8,10,12-13H,9,11,14-15H2,1-2H3,(H,27,30). The van der Waals surface area contributed by atoms with Crippen molar-refractivity contribution in [1.82, 2.24) is 14.9 Å². The van der Waals surface area contributed by atoms with Crippen molar-refractivity contribution in [3.05, 3.63) is 81.2 Å². The molecule has 1 N–H and O–H groups in total. The molecule has 0 aliphatic carbocycles. The minimum absolute atomic E-state index is 0.0969. The second-order valence-electron chi connectivity index (χ2n) is 7.62. The average Bonchev–Trinajstić information content (AvgIpc) is 3.35. The maximum absolute atomic E-state index is 13.2. The third kappa shape index (κ3) is 6.01. The minimum Gasteiger partial charge on any atom is -0.493 e. The molecular weight excluding hydrogens is 489 g/mol. The van der Waals surface area contributed by atoms with Crippen LogP contribution in [0.2, 0.25) is 0 Å². The summed E-state index contributed by atoms with van der Waals surface area (Å²) in [7, 11) is 3.16. The molecule has 2 heterocycles. The minimum atomic E-state index is -0.323. The van der Waals surface area contributed by atoms with E-state index in [0.717, 1.165) is 11.1 Å². The maximum Gasteiger partial charge on any atom is 0.272 e. The molecule has 0 fully saturated rings. The number of hydrogen-bond acceptors (Lipinski definition) is 7. The van der Waals surface area contributed by atoms with Gasteiger partial charge in [0.2, 0.25) is 5.91 Å². The monoisotopic (exact) mass is 513 g/mol. The number of thiophene rings is 1. The van der Waals surface area contributed by atoms with Crippen LogP contribution in [0, 0.1) is 5.82 Å². The number of carbonyl (C=O) groups excluding carboxylic acids is 1. The van der Waals surface area contributed by atoms with Gasteiger partial charge in [-0.15, -0.1) is 11.3 Å². The third-order valence-electron chi connectivity index (χ3n) is 5.34. The molecule has 0 unspecified atom stereocenters. The predicted octanol–water partition coefficient (Wildman–Crippen LogP) is 4.27. The van der Waals surface area contributed by atoms with Crippen molar-refractivity contribution in [2.45, 2.75) is 24.7 Å². The first-order valence-corrected chi connectivity index (χ1v) is 12.7. The number of hydrogen-bond donors (Lipinski definition) is 1. The van der Waals surface area contributed by atoms with Gasteiger partial charge in [-0.1, -0.05) is 30.0 Å². The zero-order chi connectivity index (χ0) is 24.8. The van der Waals surface area contributed by atoms with Crippen molar-refractivity contribution in [3.63, 3.8) is 0 Å². The average molecular weight is 514 g/mol. The van der Waals surface area contributed by atoms with Gasteiger partial charge < -0.3 is 14.8 Å². The lowest BCUT2D eigenvalue weighted by atomic mass is 10.1. The van der Waals surface area contributed by atoms with Crippen molar-refractivity contribution in [1.29, 1.82) is 0 Å².